The van der Waals surface area contributed by atoms with E-state index in [0.717, 1.165) is 35.4 Å². The van der Waals surface area contributed by atoms with E-state index >= 15 is 0 Å². The molecular weight excluding hydrogens is 545 g/mol. The maximum Gasteiger partial charge on any atom is 0.251 e. The molecule has 0 bridgehead atoms. The third-order valence-electron chi connectivity index (χ3n) is 7.51. The number of aryl methyl sites for hydroxylation is 1. The largest absolute Gasteiger partial charge is 0.366 e. The lowest BCUT2D eigenvalue weighted by Crippen LogP contribution is -2.33. The Morgan fingerprint density at radius 2 is 1.76 bits per heavy atom. The predicted octanol–water partition coefficient (Wildman–Crippen LogP) is 5.41. The summed E-state index contributed by atoms with van der Waals surface area (Å²) < 4.78 is 42.4. The van der Waals surface area contributed by atoms with Gasteiger partial charge in [-0.15, -0.1) is 0 Å². The van der Waals surface area contributed by atoms with Crippen molar-refractivity contribution in [2.24, 2.45) is 5.73 Å². The average molecular weight is 573 g/mol. The number of carbonyl (C=O) groups excluding carboxylic acids is 3. The first-order valence-electron chi connectivity index (χ1n) is 13.2. The molecule has 2 heterocycles. The van der Waals surface area contributed by atoms with Crippen LogP contribution >= 0.6 is 0 Å². The van der Waals surface area contributed by atoms with Crippen LogP contribution in [0.4, 0.5) is 18.9 Å². The van der Waals surface area contributed by atoms with Crippen molar-refractivity contribution in [1.82, 2.24) is 10.3 Å². The minimum absolute atomic E-state index is 0.0555. The standard InChI is InChI=1S/C32H27F3N4O3/c1-16-5-7-23-24(32(42)39-29(23)17(16)2)15-28(40)38-27(12-18-10-20(33)14-21(34)11-18)30-22(4-3-9-37-30)19-6-8-26(35)25(13-19)31(36)41/h3-11,13-14,24,27H,12,15H2,1-2H3,(H2,36,41)(H,38,40)(H,39,42)/t24-,27?/m0/s1. The van der Waals surface area contributed by atoms with Crippen LogP contribution in [-0.4, -0.2) is 22.7 Å². The monoisotopic (exact) mass is 572 g/mol. The zero-order chi connectivity index (χ0) is 30.1. The summed E-state index contributed by atoms with van der Waals surface area (Å²) in [4.78, 5) is 42.6. The lowest BCUT2D eigenvalue weighted by Gasteiger charge is -2.22. The minimum Gasteiger partial charge on any atom is -0.366 e. The molecule has 0 radical (unpaired) electrons. The van der Waals surface area contributed by atoms with Gasteiger partial charge in [-0.2, -0.15) is 0 Å². The molecule has 3 aromatic carbocycles. The van der Waals surface area contributed by atoms with E-state index in [9.17, 15) is 27.6 Å². The van der Waals surface area contributed by atoms with Crippen LogP contribution in [0.25, 0.3) is 11.1 Å². The number of amides is 3. The van der Waals surface area contributed by atoms with Gasteiger partial charge in [0, 0.05) is 29.9 Å². The van der Waals surface area contributed by atoms with Crippen molar-refractivity contribution in [3.05, 3.63) is 118 Å². The normalized spacial score (nSPS) is 14.7. The van der Waals surface area contributed by atoms with Crippen LogP contribution < -0.4 is 16.4 Å². The number of pyridine rings is 1. The molecule has 4 N–H and O–H groups in total. The first kappa shape index (κ1) is 28.5. The highest BCUT2D eigenvalue weighted by molar-refractivity contribution is 6.05. The van der Waals surface area contributed by atoms with Gasteiger partial charge in [0.1, 0.15) is 17.5 Å². The minimum atomic E-state index is -0.958. The van der Waals surface area contributed by atoms with Crippen LogP contribution in [0, 0.1) is 31.3 Å². The van der Waals surface area contributed by atoms with Crippen molar-refractivity contribution in [3.8, 4) is 11.1 Å². The van der Waals surface area contributed by atoms with E-state index < -0.39 is 41.2 Å². The fourth-order valence-electron chi connectivity index (χ4n) is 5.29. The van der Waals surface area contributed by atoms with Crippen LogP contribution in [-0.2, 0) is 16.0 Å². The quantitative estimate of drug-likeness (QED) is 0.262. The predicted molar refractivity (Wildman–Crippen MR) is 151 cm³/mol. The maximum absolute atomic E-state index is 14.2. The third-order valence-corrected chi connectivity index (χ3v) is 7.51. The van der Waals surface area contributed by atoms with Crippen LogP contribution in [0.2, 0.25) is 0 Å². The molecule has 0 spiro atoms. The van der Waals surface area contributed by atoms with Crippen LogP contribution in [0.5, 0.6) is 0 Å². The Morgan fingerprint density at radius 3 is 2.48 bits per heavy atom. The number of fused-ring (bicyclic) bond motifs is 1. The number of nitrogens with two attached hydrogens (primary N) is 1. The van der Waals surface area contributed by atoms with E-state index in [1.165, 1.54) is 18.3 Å². The number of anilines is 1. The summed E-state index contributed by atoms with van der Waals surface area (Å²) >= 11 is 0. The number of hydrogen-bond donors (Lipinski definition) is 3. The van der Waals surface area contributed by atoms with Crippen molar-refractivity contribution < 1.29 is 27.6 Å². The summed E-state index contributed by atoms with van der Waals surface area (Å²) in [7, 11) is 0. The van der Waals surface area contributed by atoms with Crippen LogP contribution in [0.15, 0.2) is 66.9 Å². The number of hydrogen-bond acceptors (Lipinski definition) is 4. The second-order valence-corrected chi connectivity index (χ2v) is 10.3. The van der Waals surface area contributed by atoms with E-state index in [0.29, 0.717) is 28.1 Å². The van der Waals surface area contributed by atoms with Crippen molar-refractivity contribution in [3.63, 3.8) is 0 Å². The number of halogens is 3. The van der Waals surface area contributed by atoms with Gasteiger partial charge in [-0.05, 0) is 78.4 Å². The third kappa shape index (κ3) is 5.74. The summed E-state index contributed by atoms with van der Waals surface area (Å²) in [5.74, 6) is -4.85. The lowest BCUT2D eigenvalue weighted by molar-refractivity contribution is -0.125. The SMILES string of the molecule is Cc1ccc2c(c1C)NC(=O)[C@H]2CC(=O)NC(Cc1cc(F)cc(F)c1)c1ncccc1-c1ccc(F)c(C(N)=O)c1. The Balaban J connectivity index is 1.51. The zero-order valence-electron chi connectivity index (χ0n) is 22.8. The van der Waals surface area contributed by atoms with E-state index in [4.69, 9.17) is 5.73 Å². The summed E-state index contributed by atoms with van der Waals surface area (Å²) in [6.07, 6.45) is 1.24. The van der Waals surface area contributed by atoms with Gasteiger partial charge < -0.3 is 16.4 Å². The number of benzene rings is 3. The van der Waals surface area contributed by atoms with Gasteiger partial charge in [0.2, 0.25) is 11.8 Å². The van der Waals surface area contributed by atoms with Crippen LogP contribution in [0.1, 0.15) is 56.7 Å². The average Bonchev–Trinajstić information content (AvgIpc) is 3.25. The number of primary amides is 1. The fourth-order valence-corrected chi connectivity index (χ4v) is 5.29. The molecule has 0 saturated carbocycles. The number of rotatable bonds is 8. The molecule has 3 amide bonds. The molecule has 1 aliphatic heterocycles. The second kappa shape index (κ2) is 11.5. The zero-order valence-corrected chi connectivity index (χ0v) is 22.8. The Bertz CT molecular complexity index is 1720. The van der Waals surface area contributed by atoms with Crippen molar-refractivity contribution in [1.29, 1.82) is 0 Å². The molecule has 5 rings (SSSR count). The van der Waals surface area contributed by atoms with Crippen molar-refractivity contribution in [2.75, 3.05) is 5.32 Å². The number of nitrogens with one attached hydrogen (secondary N) is 2. The molecule has 1 aliphatic rings. The van der Waals surface area contributed by atoms with Gasteiger partial charge in [-0.25, -0.2) is 13.2 Å². The van der Waals surface area contributed by atoms with E-state index in [2.05, 4.69) is 15.6 Å². The maximum atomic E-state index is 14.2. The first-order valence-corrected chi connectivity index (χ1v) is 13.2. The van der Waals surface area contributed by atoms with Gasteiger partial charge >= 0.3 is 0 Å². The molecule has 7 nitrogen and oxygen atoms in total. The molecule has 1 aromatic heterocycles. The van der Waals surface area contributed by atoms with Gasteiger partial charge in [0.25, 0.3) is 5.91 Å². The summed E-state index contributed by atoms with van der Waals surface area (Å²) in [6, 6.07) is 12.9. The van der Waals surface area contributed by atoms with Crippen molar-refractivity contribution >= 4 is 23.4 Å². The molecule has 1 unspecified atom stereocenters. The summed E-state index contributed by atoms with van der Waals surface area (Å²) in [6.45, 7) is 3.83. The van der Waals surface area contributed by atoms with E-state index in [1.807, 2.05) is 26.0 Å². The highest BCUT2D eigenvalue weighted by Gasteiger charge is 2.34. The molecule has 214 valence electrons. The summed E-state index contributed by atoms with van der Waals surface area (Å²) in [5, 5.41) is 5.76. The lowest BCUT2D eigenvalue weighted by atomic mass is 9.92. The molecule has 4 aromatic rings. The molecule has 0 fully saturated rings. The number of carbonyl (C=O) groups is 3. The molecule has 0 saturated heterocycles. The molecule has 0 aliphatic carbocycles. The van der Waals surface area contributed by atoms with Gasteiger partial charge in [-0.1, -0.05) is 24.3 Å². The number of nitrogens with zero attached hydrogens (tertiary/aromatic N) is 1. The fraction of sp³-hybridized carbons (Fsp3) is 0.188. The van der Waals surface area contributed by atoms with Gasteiger partial charge in [0.05, 0.1) is 23.2 Å². The molecule has 42 heavy (non-hydrogen) atoms. The molecule has 2 atom stereocenters. The smallest absolute Gasteiger partial charge is 0.251 e. The van der Waals surface area contributed by atoms with E-state index in [-0.39, 0.29) is 29.9 Å². The Hall–Kier alpha value is -4.99. The topological polar surface area (TPSA) is 114 Å². The Morgan fingerprint density at radius 1 is 1.02 bits per heavy atom. The second-order valence-electron chi connectivity index (χ2n) is 10.3. The van der Waals surface area contributed by atoms with Crippen LogP contribution in [0.3, 0.4) is 0 Å². The van der Waals surface area contributed by atoms with Gasteiger partial charge in [0.15, 0.2) is 0 Å². The Kier molecular flexibility index (Phi) is 7.80. The highest BCUT2D eigenvalue weighted by atomic mass is 19.1. The molecular formula is C32H27F3N4O3. The molecule has 10 heteroatoms. The van der Waals surface area contributed by atoms with E-state index in [1.54, 1.807) is 12.1 Å². The number of aromatic nitrogens is 1. The summed E-state index contributed by atoms with van der Waals surface area (Å²) in [5.41, 5.74) is 9.74. The Labute approximate surface area is 240 Å². The highest BCUT2D eigenvalue weighted by Crippen LogP contribution is 2.38. The van der Waals surface area contributed by atoms with Gasteiger partial charge in [-0.3, -0.25) is 19.4 Å². The first-order chi connectivity index (χ1) is 20.0. The van der Waals surface area contributed by atoms with Crippen molar-refractivity contribution in [2.45, 2.75) is 38.6 Å².